The van der Waals surface area contributed by atoms with E-state index in [0.29, 0.717) is 16.5 Å². The Morgan fingerprint density at radius 3 is 2.71 bits per heavy atom. The number of rotatable bonds is 3. The van der Waals surface area contributed by atoms with E-state index >= 15 is 0 Å². The van der Waals surface area contributed by atoms with Crippen molar-refractivity contribution in [2.75, 3.05) is 7.11 Å². The van der Waals surface area contributed by atoms with Crippen molar-refractivity contribution in [3.05, 3.63) is 28.0 Å². The van der Waals surface area contributed by atoms with E-state index < -0.39 is 11.9 Å². The lowest BCUT2D eigenvalue weighted by molar-refractivity contribution is 0.194. The molecule has 0 radical (unpaired) electrons. The summed E-state index contributed by atoms with van der Waals surface area (Å²) in [6.45, 7) is 1.65. The van der Waals surface area contributed by atoms with E-state index in [2.05, 4.69) is 15.9 Å². The number of methoxy groups -OCH3 is 1. The van der Waals surface area contributed by atoms with Crippen LogP contribution in [-0.2, 0) is 6.42 Å². The van der Waals surface area contributed by atoms with Crippen LogP contribution >= 0.6 is 15.9 Å². The zero-order chi connectivity index (χ0) is 10.7. The second-order valence-corrected chi connectivity index (χ2v) is 3.96. The van der Waals surface area contributed by atoms with Gasteiger partial charge >= 0.3 is 0 Å². The quantitative estimate of drug-likeness (QED) is 0.907. The van der Waals surface area contributed by atoms with Crippen LogP contribution < -0.4 is 4.74 Å². The lowest BCUT2D eigenvalue weighted by atomic mass is 10.1. The number of ether oxygens (including phenoxy) is 1. The van der Waals surface area contributed by atoms with Gasteiger partial charge in [0.25, 0.3) is 0 Å². The fraction of sp³-hybridized carbons (Fsp3) is 0.400. The molecular formula is C10H12BrFO2. The van der Waals surface area contributed by atoms with Crippen LogP contribution in [0.25, 0.3) is 0 Å². The van der Waals surface area contributed by atoms with Crippen LogP contribution in [0.1, 0.15) is 12.5 Å². The number of hydrogen-bond acceptors (Lipinski definition) is 2. The average molecular weight is 263 g/mol. The molecule has 2 nitrogen and oxygen atoms in total. The van der Waals surface area contributed by atoms with Gasteiger partial charge in [0, 0.05) is 6.42 Å². The maximum Gasteiger partial charge on any atom is 0.179 e. The first kappa shape index (κ1) is 11.5. The van der Waals surface area contributed by atoms with Gasteiger partial charge in [-0.3, -0.25) is 0 Å². The van der Waals surface area contributed by atoms with Gasteiger partial charge in [0.15, 0.2) is 11.6 Å². The number of hydrogen-bond donors (Lipinski definition) is 1. The Hall–Kier alpha value is -0.610. The molecule has 0 aliphatic heterocycles. The normalized spacial score (nSPS) is 12.6. The highest BCUT2D eigenvalue weighted by Crippen LogP contribution is 2.29. The second-order valence-electron chi connectivity index (χ2n) is 3.11. The summed E-state index contributed by atoms with van der Waals surface area (Å²) in [6, 6.07) is 3.34. The standard InChI is InChI=1S/C10H12BrFO2/c1-6(13)5-7-3-4-8(11)9(12)10(7)14-2/h3-4,6,13H,5H2,1-2H3. The van der Waals surface area contributed by atoms with Gasteiger partial charge in [-0.05, 0) is 34.5 Å². The summed E-state index contributed by atoms with van der Waals surface area (Å²) in [7, 11) is 1.41. The molecule has 0 amide bonds. The molecule has 78 valence electrons. The minimum atomic E-state index is -0.510. The first-order valence-corrected chi connectivity index (χ1v) is 5.04. The van der Waals surface area contributed by atoms with Gasteiger partial charge in [-0.25, -0.2) is 4.39 Å². The third-order valence-corrected chi connectivity index (χ3v) is 2.46. The molecule has 0 bridgehead atoms. The Kier molecular flexibility index (Phi) is 3.89. The maximum atomic E-state index is 13.5. The van der Waals surface area contributed by atoms with Crippen molar-refractivity contribution in [3.8, 4) is 5.75 Å². The van der Waals surface area contributed by atoms with Crippen LogP contribution in [0.3, 0.4) is 0 Å². The van der Waals surface area contributed by atoms with Crippen molar-refractivity contribution in [1.82, 2.24) is 0 Å². The van der Waals surface area contributed by atoms with Crippen molar-refractivity contribution in [1.29, 1.82) is 0 Å². The molecule has 1 aromatic rings. The number of benzene rings is 1. The monoisotopic (exact) mass is 262 g/mol. The topological polar surface area (TPSA) is 29.5 Å². The summed E-state index contributed by atoms with van der Waals surface area (Å²) < 4.78 is 18.8. The molecule has 0 aliphatic rings. The van der Waals surface area contributed by atoms with E-state index in [1.165, 1.54) is 7.11 Å². The molecule has 1 unspecified atom stereocenters. The molecule has 1 rings (SSSR count). The summed E-state index contributed by atoms with van der Waals surface area (Å²) in [5.74, 6) is -0.231. The van der Waals surface area contributed by atoms with Gasteiger partial charge < -0.3 is 9.84 Å². The molecule has 0 saturated heterocycles. The third kappa shape index (κ3) is 2.45. The van der Waals surface area contributed by atoms with Crippen molar-refractivity contribution >= 4 is 15.9 Å². The zero-order valence-corrected chi connectivity index (χ0v) is 9.64. The van der Waals surface area contributed by atoms with E-state index in [1.807, 2.05) is 0 Å². The van der Waals surface area contributed by atoms with Crippen LogP contribution in [0.4, 0.5) is 4.39 Å². The third-order valence-electron chi connectivity index (χ3n) is 1.85. The fourth-order valence-corrected chi connectivity index (χ4v) is 1.58. The fourth-order valence-electron chi connectivity index (χ4n) is 1.27. The van der Waals surface area contributed by atoms with E-state index in [-0.39, 0.29) is 5.75 Å². The summed E-state index contributed by atoms with van der Waals surface area (Å²) in [4.78, 5) is 0. The van der Waals surface area contributed by atoms with E-state index in [9.17, 15) is 9.50 Å². The van der Waals surface area contributed by atoms with Gasteiger partial charge in [-0.1, -0.05) is 6.07 Å². The number of aliphatic hydroxyl groups is 1. The predicted octanol–water partition coefficient (Wildman–Crippen LogP) is 2.52. The molecule has 1 N–H and O–H groups in total. The van der Waals surface area contributed by atoms with Gasteiger partial charge in [0.1, 0.15) is 0 Å². The molecule has 0 aromatic heterocycles. The number of aliphatic hydroxyl groups excluding tert-OH is 1. The number of halogens is 2. The Labute approximate surface area is 90.8 Å². The van der Waals surface area contributed by atoms with Gasteiger partial charge in [-0.15, -0.1) is 0 Å². The lowest BCUT2D eigenvalue weighted by Crippen LogP contribution is -2.06. The van der Waals surface area contributed by atoms with Gasteiger partial charge in [-0.2, -0.15) is 0 Å². The molecule has 0 aliphatic carbocycles. The molecular weight excluding hydrogens is 251 g/mol. The largest absolute Gasteiger partial charge is 0.493 e. The maximum absolute atomic E-state index is 13.5. The SMILES string of the molecule is COc1c(CC(C)O)ccc(Br)c1F. The Balaban J connectivity index is 3.10. The van der Waals surface area contributed by atoms with Crippen molar-refractivity contribution in [3.63, 3.8) is 0 Å². The molecule has 4 heteroatoms. The minimum Gasteiger partial charge on any atom is -0.493 e. The highest BCUT2D eigenvalue weighted by molar-refractivity contribution is 9.10. The minimum absolute atomic E-state index is 0.195. The van der Waals surface area contributed by atoms with E-state index in [4.69, 9.17) is 4.74 Å². The first-order chi connectivity index (χ1) is 6.56. The summed E-state index contributed by atoms with van der Waals surface area (Å²) >= 11 is 3.07. The van der Waals surface area contributed by atoms with Gasteiger partial charge in [0.05, 0.1) is 17.7 Å². The molecule has 1 aromatic carbocycles. The van der Waals surface area contributed by atoms with Crippen LogP contribution in [0.15, 0.2) is 16.6 Å². The highest BCUT2D eigenvalue weighted by Gasteiger charge is 2.13. The second kappa shape index (κ2) is 4.75. The molecule has 1 atom stereocenters. The Bertz CT molecular complexity index is 326. The van der Waals surface area contributed by atoms with E-state index in [0.717, 1.165) is 0 Å². The van der Waals surface area contributed by atoms with Crippen LogP contribution in [-0.4, -0.2) is 18.3 Å². The van der Waals surface area contributed by atoms with Crippen molar-refractivity contribution < 1.29 is 14.2 Å². The van der Waals surface area contributed by atoms with Gasteiger partial charge in [0.2, 0.25) is 0 Å². The van der Waals surface area contributed by atoms with Crippen molar-refractivity contribution in [2.24, 2.45) is 0 Å². The average Bonchev–Trinajstić information content (AvgIpc) is 2.11. The summed E-state index contributed by atoms with van der Waals surface area (Å²) in [5.41, 5.74) is 0.670. The smallest absolute Gasteiger partial charge is 0.179 e. The van der Waals surface area contributed by atoms with Crippen LogP contribution in [0, 0.1) is 5.82 Å². The zero-order valence-electron chi connectivity index (χ0n) is 8.05. The molecule has 0 fully saturated rings. The Morgan fingerprint density at radius 2 is 2.21 bits per heavy atom. The highest BCUT2D eigenvalue weighted by atomic mass is 79.9. The van der Waals surface area contributed by atoms with E-state index in [1.54, 1.807) is 19.1 Å². The van der Waals surface area contributed by atoms with Crippen LogP contribution in [0.5, 0.6) is 5.75 Å². The van der Waals surface area contributed by atoms with Crippen molar-refractivity contribution in [2.45, 2.75) is 19.4 Å². The molecule has 0 heterocycles. The van der Waals surface area contributed by atoms with Crippen LogP contribution in [0.2, 0.25) is 0 Å². The predicted molar refractivity (Wildman–Crippen MR) is 56.0 cm³/mol. The summed E-state index contributed by atoms with van der Waals surface area (Å²) in [5, 5.41) is 9.20. The Morgan fingerprint density at radius 1 is 1.57 bits per heavy atom. The summed E-state index contributed by atoms with van der Waals surface area (Å²) in [6.07, 6.45) is -0.127. The molecule has 14 heavy (non-hydrogen) atoms. The lowest BCUT2D eigenvalue weighted by Gasteiger charge is -2.11. The first-order valence-electron chi connectivity index (χ1n) is 4.25. The molecule has 0 saturated carbocycles. The molecule has 0 spiro atoms.